The number of halogens is 1. The van der Waals surface area contributed by atoms with Crippen LogP contribution in [0.5, 0.6) is 11.5 Å². The summed E-state index contributed by atoms with van der Waals surface area (Å²) >= 11 is 6.23. The molecule has 0 spiro atoms. The van der Waals surface area contributed by atoms with Gasteiger partial charge in [-0.2, -0.15) is 0 Å². The van der Waals surface area contributed by atoms with E-state index in [0.717, 1.165) is 25.7 Å². The third kappa shape index (κ3) is 6.11. The standard InChI is InChI=1S/C34H34ClNO7/c1-4-7-17-41-27-15-11-22(19-28(27)40-6-3)30-29-31(37)25-20-23(35)12-16-26(25)43-32(29)33(38)36(30)24-13-9-21(10-14-24)34(39)42-18-8-5-2/h9-16,19-20,30H,4-8,17-18H2,1-3H3. The number of amides is 1. The number of nitrogens with zero attached hydrogens (tertiary/aromatic N) is 1. The first-order valence-electron chi connectivity index (χ1n) is 14.6. The Morgan fingerprint density at radius 3 is 2.35 bits per heavy atom. The number of unbranched alkanes of at least 4 members (excludes halogenated alkanes) is 2. The van der Waals surface area contributed by atoms with Gasteiger partial charge in [-0.15, -0.1) is 0 Å². The summed E-state index contributed by atoms with van der Waals surface area (Å²) in [7, 11) is 0. The summed E-state index contributed by atoms with van der Waals surface area (Å²) < 4.78 is 23.3. The first kappa shape index (κ1) is 30.2. The van der Waals surface area contributed by atoms with Crippen molar-refractivity contribution in [2.24, 2.45) is 0 Å². The number of anilines is 1. The molecular formula is C34H34ClNO7. The van der Waals surface area contributed by atoms with Gasteiger partial charge in [0.15, 0.2) is 16.9 Å². The van der Waals surface area contributed by atoms with Crippen LogP contribution in [0.15, 0.2) is 69.9 Å². The van der Waals surface area contributed by atoms with E-state index in [2.05, 4.69) is 6.92 Å². The minimum atomic E-state index is -0.839. The van der Waals surface area contributed by atoms with E-state index in [9.17, 15) is 14.4 Å². The van der Waals surface area contributed by atoms with Crippen LogP contribution in [-0.2, 0) is 4.74 Å². The average Bonchev–Trinajstić information content (AvgIpc) is 3.30. The fraction of sp³-hybridized carbons (Fsp3) is 0.324. The fourth-order valence-corrected chi connectivity index (χ4v) is 5.26. The monoisotopic (exact) mass is 603 g/mol. The SMILES string of the molecule is CCCCOC(=O)c1ccc(N2C(=O)c3oc4ccc(Cl)cc4c(=O)c3C2c2ccc(OCCCC)c(OCC)c2)cc1. The van der Waals surface area contributed by atoms with Crippen LogP contribution in [0.4, 0.5) is 5.69 Å². The number of fused-ring (bicyclic) bond motifs is 2. The third-order valence-corrected chi connectivity index (χ3v) is 7.52. The average molecular weight is 604 g/mol. The molecule has 1 aromatic heterocycles. The predicted molar refractivity (Wildman–Crippen MR) is 166 cm³/mol. The molecule has 1 amide bonds. The van der Waals surface area contributed by atoms with Crippen molar-refractivity contribution >= 4 is 40.1 Å². The highest BCUT2D eigenvalue weighted by Gasteiger charge is 2.44. The van der Waals surface area contributed by atoms with Crippen molar-refractivity contribution < 1.29 is 28.2 Å². The van der Waals surface area contributed by atoms with Gasteiger partial charge in [0.1, 0.15) is 5.58 Å². The maximum Gasteiger partial charge on any atom is 0.338 e. The van der Waals surface area contributed by atoms with E-state index in [-0.39, 0.29) is 27.7 Å². The molecule has 0 saturated carbocycles. The molecule has 1 unspecified atom stereocenters. The molecule has 1 atom stereocenters. The summed E-state index contributed by atoms with van der Waals surface area (Å²) in [5, 5.41) is 0.659. The second-order valence-electron chi connectivity index (χ2n) is 10.3. The smallest absolute Gasteiger partial charge is 0.338 e. The molecule has 4 aromatic rings. The number of carbonyl (C=O) groups is 2. The van der Waals surface area contributed by atoms with Gasteiger partial charge in [0.25, 0.3) is 5.91 Å². The van der Waals surface area contributed by atoms with Crippen LogP contribution in [0.25, 0.3) is 11.0 Å². The van der Waals surface area contributed by atoms with Crippen LogP contribution in [0.3, 0.4) is 0 Å². The van der Waals surface area contributed by atoms with Crippen LogP contribution in [0.2, 0.25) is 5.02 Å². The van der Waals surface area contributed by atoms with Crippen LogP contribution in [0.1, 0.15) is 84.5 Å². The van der Waals surface area contributed by atoms with Gasteiger partial charge in [-0.1, -0.05) is 44.4 Å². The van der Waals surface area contributed by atoms with E-state index in [1.165, 1.54) is 4.90 Å². The molecule has 0 saturated heterocycles. The Kier molecular flexibility index (Phi) is 9.36. The zero-order valence-electron chi connectivity index (χ0n) is 24.5. The van der Waals surface area contributed by atoms with E-state index in [1.54, 1.807) is 54.6 Å². The van der Waals surface area contributed by atoms with Crippen molar-refractivity contribution in [3.05, 3.63) is 98.4 Å². The number of rotatable bonds is 12. The van der Waals surface area contributed by atoms with Crippen molar-refractivity contribution in [3.8, 4) is 11.5 Å². The molecule has 5 rings (SSSR count). The van der Waals surface area contributed by atoms with Crippen LogP contribution in [0, 0.1) is 0 Å². The quantitative estimate of drug-likeness (QED) is 0.121. The summed E-state index contributed by atoms with van der Waals surface area (Å²) in [4.78, 5) is 42.0. The number of carbonyl (C=O) groups excluding carboxylic acids is 2. The second kappa shape index (κ2) is 13.3. The Balaban J connectivity index is 1.62. The molecule has 0 radical (unpaired) electrons. The lowest BCUT2D eigenvalue weighted by molar-refractivity contribution is 0.0499. The number of benzene rings is 3. The molecule has 8 nitrogen and oxygen atoms in total. The molecule has 9 heteroatoms. The molecule has 1 aliphatic heterocycles. The Hall–Kier alpha value is -4.30. The maximum atomic E-state index is 14.0. The third-order valence-electron chi connectivity index (χ3n) is 7.28. The minimum Gasteiger partial charge on any atom is -0.490 e. The summed E-state index contributed by atoms with van der Waals surface area (Å²) in [6.07, 6.45) is 3.57. The normalized spacial score (nSPS) is 14.2. The fourth-order valence-electron chi connectivity index (χ4n) is 5.09. The Morgan fingerprint density at radius 2 is 1.63 bits per heavy atom. The number of hydrogen-bond acceptors (Lipinski definition) is 7. The van der Waals surface area contributed by atoms with Crippen LogP contribution in [-0.4, -0.2) is 31.7 Å². The van der Waals surface area contributed by atoms with E-state index < -0.39 is 17.9 Å². The van der Waals surface area contributed by atoms with Crippen molar-refractivity contribution in [3.63, 3.8) is 0 Å². The van der Waals surface area contributed by atoms with Gasteiger partial charge in [-0.3, -0.25) is 14.5 Å². The summed E-state index contributed by atoms with van der Waals surface area (Å²) in [6.45, 7) is 7.26. The van der Waals surface area contributed by atoms with Gasteiger partial charge in [-0.05, 0) is 79.9 Å². The highest BCUT2D eigenvalue weighted by molar-refractivity contribution is 6.31. The number of ether oxygens (including phenoxy) is 3. The zero-order valence-corrected chi connectivity index (χ0v) is 25.2. The van der Waals surface area contributed by atoms with Gasteiger partial charge in [-0.25, -0.2) is 4.79 Å². The van der Waals surface area contributed by atoms with E-state index in [4.69, 9.17) is 30.2 Å². The summed E-state index contributed by atoms with van der Waals surface area (Å²) in [5.74, 6) is 0.129. The van der Waals surface area contributed by atoms with Gasteiger partial charge < -0.3 is 18.6 Å². The summed E-state index contributed by atoms with van der Waals surface area (Å²) in [6, 6.07) is 15.9. The lowest BCUT2D eigenvalue weighted by atomic mass is 9.97. The van der Waals surface area contributed by atoms with E-state index >= 15 is 0 Å². The second-order valence-corrected chi connectivity index (χ2v) is 10.7. The van der Waals surface area contributed by atoms with E-state index in [1.807, 2.05) is 19.9 Å². The number of hydrogen-bond donors (Lipinski definition) is 0. The van der Waals surface area contributed by atoms with Gasteiger partial charge in [0.05, 0.1) is 42.4 Å². The van der Waals surface area contributed by atoms with Crippen molar-refractivity contribution in [2.45, 2.75) is 52.5 Å². The molecular weight excluding hydrogens is 570 g/mol. The minimum absolute atomic E-state index is 0.0471. The van der Waals surface area contributed by atoms with Gasteiger partial charge >= 0.3 is 5.97 Å². The molecule has 2 heterocycles. The summed E-state index contributed by atoms with van der Waals surface area (Å²) in [5.41, 5.74) is 1.59. The molecule has 224 valence electrons. The Morgan fingerprint density at radius 1 is 0.884 bits per heavy atom. The molecule has 43 heavy (non-hydrogen) atoms. The molecule has 3 aromatic carbocycles. The first-order chi connectivity index (χ1) is 20.9. The highest BCUT2D eigenvalue weighted by atomic mass is 35.5. The molecule has 0 fully saturated rings. The molecule has 0 N–H and O–H groups in total. The Labute approximate surface area is 255 Å². The Bertz CT molecular complexity index is 1700. The van der Waals surface area contributed by atoms with Gasteiger partial charge in [0, 0.05) is 10.7 Å². The topological polar surface area (TPSA) is 95.3 Å². The highest BCUT2D eigenvalue weighted by Crippen LogP contribution is 2.43. The molecule has 0 bridgehead atoms. The van der Waals surface area contributed by atoms with Crippen LogP contribution >= 0.6 is 11.6 Å². The number of esters is 1. The maximum absolute atomic E-state index is 14.0. The predicted octanol–water partition coefficient (Wildman–Crippen LogP) is 7.73. The molecule has 0 aliphatic carbocycles. The molecule has 1 aliphatic rings. The van der Waals surface area contributed by atoms with Crippen molar-refractivity contribution in [1.29, 1.82) is 0 Å². The van der Waals surface area contributed by atoms with E-state index in [0.29, 0.717) is 53.2 Å². The largest absolute Gasteiger partial charge is 0.490 e. The zero-order chi connectivity index (χ0) is 30.5. The first-order valence-corrected chi connectivity index (χ1v) is 15.0. The lowest BCUT2D eigenvalue weighted by Crippen LogP contribution is -2.29. The van der Waals surface area contributed by atoms with Crippen LogP contribution < -0.4 is 19.8 Å². The van der Waals surface area contributed by atoms with Crippen molar-refractivity contribution in [2.75, 3.05) is 24.7 Å². The van der Waals surface area contributed by atoms with Crippen molar-refractivity contribution in [1.82, 2.24) is 0 Å². The lowest BCUT2D eigenvalue weighted by Gasteiger charge is -2.26. The van der Waals surface area contributed by atoms with Gasteiger partial charge in [0.2, 0.25) is 5.76 Å².